The zero-order valence-corrected chi connectivity index (χ0v) is 17.1. The third kappa shape index (κ3) is 3.51. The van der Waals surface area contributed by atoms with Gasteiger partial charge in [0.25, 0.3) is 0 Å². The van der Waals surface area contributed by atoms with Gasteiger partial charge < -0.3 is 4.52 Å². The van der Waals surface area contributed by atoms with Crippen LogP contribution in [0, 0.1) is 0 Å². The summed E-state index contributed by atoms with van der Waals surface area (Å²) in [6.07, 6.45) is 4.19. The third-order valence-electron chi connectivity index (χ3n) is 4.72. The zero-order valence-electron chi connectivity index (χ0n) is 15.5. The molecule has 12 heteroatoms. The van der Waals surface area contributed by atoms with Crippen LogP contribution in [-0.2, 0) is 23.4 Å². The van der Waals surface area contributed by atoms with Crippen molar-refractivity contribution in [1.29, 1.82) is 0 Å². The van der Waals surface area contributed by atoms with E-state index in [2.05, 4.69) is 15.6 Å². The molecule has 10 nitrogen and oxygen atoms in total. The Hall–Kier alpha value is -2.79. The summed E-state index contributed by atoms with van der Waals surface area (Å²) in [6, 6.07) is 2.66. The molecule has 1 saturated carbocycles. The van der Waals surface area contributed by atoms with E-state index >= 15 is 0 Å². The van der Waals surface area contributed by atoms with Crippen LogP contribution in [0.4, 0.5) is 0 Å². The maximum Gasteiger partial charge on any atom is 0.363 e. The summed E-state index contributed by atoms with van der Waals surface area (Å²) in [6.45, 7) is -0.256. The summed E-state index contributed by atoms with van der Waals surface area (Å²) >= 11 is 6.48. The molecule has 0 bridgehead atoms. The molecular formula is C17H16ClN5O5S. The number of sulfone groups is 1. The standard InChI is InChI=1S/C17H16ClN5O5S/c1-22-17(25)23(21-20-22)8-12-13(29(2,26)27)6-5-10(14(12)18)15(24)11-7-19-28-16(11)9-3-4-9/h5-7,9H,3-4,8H2,1-2H3. The van der Waals surface area contributed by atoms with Gasteiger partial charge in [0.15, 0.2) is 21.4 Å². The number of aromatic nitrogens is 5. The molecule has 1 aliphatic rings. The predicted octanol–water partition coefficient (Wildman–Crippen LogP) is 1.18. The van der Waals surface area contributed by atoms with Crippen molar-refractivity contribution in [2.45, 2.75) is 30.2 Å². The molecule has 1 fully saturated rings. The van der Waals surface area contributed by atoms with E-state index < -0.39 is 21.3 Å². The minimum absolute atomic E-state index is 0.0709. The first-order valence-electron chi connectivity index (χ1n) is 8.66. The molecule has 29 heavy (non-hydrogen) atoms. The quantitative estimate of drug-likeness (QED) is 0.525. The lowest BCUT2D eigenvalue weighted by Gasteiger charge is -2.13. The first-order valence-corrected chi connectivity index (χ1v) is 10.9. The topological polar surface area (TPSA) is 130 Å². The molecule has 2 heterocycles. The zero-order chi connectivity index (χ0) is 20.9. The minimum Gasteiger partial charge on any atom is -0.360 e. The van der Waals surface area contributed by atoms with E-state index in [1.54, 1.807) is 0 Å². The highest BCUT2D eigenvalue weighted by Gasteiger charge is 2.34. The molecule has 0 radical (unpaired) electrons. The average molecular weight is 438 g/mol. The molecule has 2 aromatic heterocycles. The molecular weight excluding hydrogens is 422 g/mol. The van der Waals surface area contributed by atoms with Crippen molar-refractivity contribution in [2.24, 2.45) is 7.05 Å². The smallest absolute Gasteiger partial charge is 0.360 e. The Balaban J connectivity index is 1.84. The van der Waals surface area contributed by atoms with E-state index in [9.17, 15) is 18.0 Å². The average Bonchev–Trinajstić information content (AvgIpc) is 3.31. The highest BCUT2D eigenvalue weighted by molar-refractivity contribution is 7.90. The van der Waals surface area contributed by atoms with Crippen LogP contribution in [-0.4, -0.2) is 45.4 Å². The van der Waals surface area contributed by atoms with Gasteiger partial charge in [-0.25, -0.2) is 13.2 Å². The van der Waals surface area contributed by atoms with Crippen LogP contribution >= 0.6 is 11.6 Å². The Morgan fingerprint density at radius 3 is 2.59 bits per heavy atom. The third-order valence-corrected chi connectivity index (χ3v) is 6.34. The Kier molecular flexibility index (Phi) is 4.66. The number of hydrogen-bond acceptors (Lipinski definition) is 8. The van der Waals surface area contributed by atoms with E-state index in [0.717, 1.165) is 28.5 Å². The molecule has 1 aromatic carbocycles. The van der Waals surface area contributed by atoms with Crippen LogP contribution in [0.5, 0.6) is 0 Å². The Labute approximate surface area is 170 Å². The Morgan fingerprint density at radius 1 is 1.28 bits per heavy atom. The van der Waals surface area contributed by atoms with Crippen molar-refractivity contribution < 1.29 is 17.7 Å². The number of carbonyl (C=O) groups excluding carboxylic acids is 1. The molecule has 152 valence electrons. The molecule has 3 aromatic rings. The van der Waals surface area contributed by atoms with Gasteiger partial charge in [0, 0.05) is 30.3 Å². The normalized spacial score (nSPS) is 14.3. The fraction of sp³-hybridized carbons (Fsp3) is 0.353. The highest BCUT2D eigenvalue weighted by Crippen LogP contribution is 2.42. The number of tetrazole rings is 1. The molecule has 0 unspecified atom stereocenters. The van der Waals surface area contributed by atoms with E-state index in [0.29, 0.717) is 11.3 Å². The van der Waals surface area contributed by atoms with Gasteiger partial charge in [-0.3, -0.25) is 4.79 Å². The van der Waals surface area contributed by atoms with Crippen LogP contribution in [0.2, 0.25) is 5.02 Å². The lowest BCUT2D eigenvalue weighted by Crippen LogP contribution is -2.25. The molecule has 4 rings (SSSR count). The molecule has 0 N–H and O–H groups in total. The van der Waals surface area contributed by atoms with Crippen molar-refractivity contribution in [1.82, 2.24) is 24.9 Å². The van der Waals surface area contributed by atoms with Gasteiger partial charge in [-0.2, -0.15) is 9.36 Å². The van der Waals surface area contributed by atoms with Gasteiger partial charge >= 0.3 is 5.69 Å². The summed E-state index contributed by atoms with van der Waals surface area (Å²) < 4.78 is 31.7. The number of hydrogen-bond donors (Lipinski definition) is 0. The van der Waals surface area contributed by atoms with Crippen LogP contribution < -0.4 is 5.69 Å². The molecule has 0 atom stereocenters. The van der Waals surface area contributed by atoms with Crippen LogP contribution in [0.3, 0.4) is 0 Å². The largest absolute Gasteiger partial charge is 0.363 e. The first-order chi connectivity index (χ1) is 13.7. The maximum absolute atomic E-state index is 13.1. The van der Waals surface area contributed by atoms with Gasteiger partial charge in [0.2, 0.25) is 0 Å². The summed E-state index contributed by atoms with van der Waals surface area (Å²) in [5.41, 5.74) is -0.0698. The van der Waals surface area contributed by atoms with E-state index in [1.807, 2.05) is 0 Å². The van der Waals surface area contributed by atoms with Crippen LogP contribution in [0.25, 0.3) is 0 Å². The van der Waals surface area contributed by atoms with Crippen molar-refractivity contribution in [3.63, 3.8) is 0 Å². The lowest BCUT2D eigenvalue weighted by molar-refractivity contribution is 0.103. The Morgan fingerprint density at radius 2 is 2.00 bits per heavy atom. The fourth-order valence-corrected chi connectivity index (χ4v) is 4.37. The molecule has 1 aliphatic carbocycles. The van der Waals surface area contributed by atoms with E-state index in [4.69, 9.17) is 16.1 Å². The summed E-state index contributed by atoms with van der Waals surface area (Å²) in [7, 11) is -2.27. The van der Waals surface area contributed by atoms with Crippen LogP contribution in [0.15, 0.2) is 32.5 Å². The summed E-state index contributed by atoms with van der Waals surface area (Å²) in [5, 5.41) is 11.0. The van der Waals surface area contributed by atoms with Gasteiger partial charge in [-0.1, -0.05) is 16.8 Å². The predicted molar refractivity (Wildman–Crippen MR) is 101 cm³/mol. The van der Waals surface area contributed by atoms with Gasteiger partial charge in [-0.15, -0.1) is 0 Å². The monoisotopic (exact) mass is 437 g/mol. The van der Waals surface area contributed by atoms with Crippen molar-refractivity contribution in [3.8, 4) is 0 Å². The number of nitrogens with zero attached hydrogens (tertiary/aromatic N) is 5. The highest BCUT2D eigenvalue weighted by atomic mass is 35.5. The number of benzene rings is 1. The van der Waals surface area contributed by atoms with Gasteiger partial charge in [0.1, 0.15) is 0 Å². The number of rotatable bonds is 6. The number of ketones is 1. The minimum atomic E-state index is -3.69. The van der Waals surface area contributed by atoms with Crippen molar-refractivity contribution in [2.75, 3.05) is 6.26 Å². The van der Waals surface area contributed by atoms with Gasteiger partial charge in [-0.05, 0) is 35.4 Å². The van der Waals surface area contributed by atoms with Crippen molar-refractivity contribution >= 4 is 27.2 Å². The lowest BCUT2D eigenvalue weighted by atomic mass is 10.0. The summed E-state index contributed by atoms with van der Waals surface area (Å²) in [4.78, 5) is 25.1. The second-order valence-electron chi connectivity index (χ2n) is 6.93. The molecule has 0 saturated heterocycles. The summed E-state index contributed by atoms with van der Waals surface area (Å²) in [5.74, 6) is 0.235. The molecule has 0 spiro atoms. The van der Waals surface area contributed by atoms with Crippen molar-refractivity contribution in [3.05, 3.63) is 56.3 Å². The molecule has 0 aliphatic heterocycles. The number of carbonyl (C=O) groups is 1. The maximum atomic E-state index is 13.1. The fourth-order valence-electron chi connectivity index (χ4n) is 3.08. The number of halogens is 1. The van der Waals surface area contributed by atoms with E-state index in [-0.39, 0.29) is 33.5 Å². The number of aryl methyl sites for hydroxylation is 1. The van der Waals surface area contributed by atoms with Gasteiger partial charge in [0.05, 0.1) is 28.2 Å². The first kappa shape index (κ1) is 19.5. The van der Waals surface area contributed by atoms with E-state index in [1.165, 1.54) is 25.4 Å². The SMILES string of the molecule is Cn1nnn(Cc2c(S(C)(=O)=O)ccc(C(=O)c3cnoc3C3CC3)c2Cl)c1=O. The second kappa shape index (κ2) is 6.92. The second-order valence-corrected chi connectivity index (χ2v) is 9.29. The molecule has 0 amide bonds. The Bertz CT molecular complexity index is 1290. The van der Waals surface area contributed by atoms with Crippen LogP contribution in [0.1, 0.15) is 46.0 Å².